The summed E-state index contributed by atoms with van der Waals surface area (Å²) in [5, 5.41) is 3.38. The number of carbonyl (C=O) groups excluding carboxylic acids is 1. The lowest BCUT2D eigenvalue weighted by molar-refractivity contribution is -0.122. The van der Waals surface area contributed by atoms with E-state index in [0.29, 0.717) is 0 Å². The van der Waals surface area contributed by atoms with E-state index in [1.165, 1.54) is 11.1 Å². The van der Waals surface area contributed by atoms with Gasteiger partial charge in [-0.15, -0.1) is 0 Å². The predicted molar refractivity (Wildman–Crippen MR) is 80.9 cm³/mol. The first kappa shape index (κ1) is 12.7. The lowest BCUT2D eigenvalue weighted by atomic mass is 9.83. The Morgan fingerprint density at radius 3 is 2.60 bits per heavy atom. The van der Waals surface area contributed by atoms with Gasteiger partial charge in [-0.05, 0) is 54.7 Å². The molecule has 0 aromatic heterocycles. The minimum absolute atomic E-state index is 0.0190. The van der Waals surface area contributed by atoms with Crippen LogP contribution in [0.1, 0.15) is 17.5 Å². The molecule has 1 atom stereocenters. The number of anilines is 2. The van der Waals surface area contributed by atoms with Crippen molar-refractivity contribution in [3.63, 3.8) is 0 Å². The number of primary amides is 1. The van der Waals surface area contributed by atoms with Gasteiger partial charge in [0.2, 0.25) is 5.91 Å². The average molecular weight is 266 g/mol. The molecule has 3 rings (SSSR count). The smallest absolute Gasteiger partial charge is 0.220 e. The Morgan fingerprint density at radius 1 is 1.05 bits per heavy atom. The van der Waals surface area contributed by atoms with Gasteiger partial charge in [0.1, 0.15) is 0 Å². The first-order valence-corrected chi connectivity index (χ1v) is 6.95. The molecule has 0 spiro atoms. The SMILES string of the molecule is NC(=O)C1CCc2ccc(Nc3ccccc3)cc2C1. The first-order valence-electron chi connectivity index (χ1n) is 6.95. The number of para-hydroxylation sites is 1. The van der Waals surface area contributed by atoms with Gasteiger partial charge < -0.3 is 11.1 Å². The van der Waals surface area contributed by atoms with E-state index in [-0.39, 0.29) is 11.8 Å². The van der Waals surface area contributed by atoms with Gasteiger partial charge in [0.25, 0.3) is 0 Å². The van der Waals surface area contributed by atoms with Crippen LogP contribution < -0.4 is 11.1 Å². The second-order valence-electron chi connectivity index (χ2n) is 5.32. The number of carbonyl (C=O) groups is 1. The number of hydrogen-bond donors (Lipinski definition) is 2. The Kier molecular flexibility index (Phi) is 3.42. The standard InChI is InChI=1S/C17H18N2O/c18-17(20)13-7-6-12-8-9-16(11-14(12)10-13)19-15-4-2-1-3-5-15/h1-5,8-9,11,13,19H,6-7,10H2,(H2,18,20). The van der Waals surface area contributed by atoms with E-state index in [2.05, 4.69) is 23.5 Å². The molecule has 1 amide bonds. The minimum atomic E-state index is -0.183. The second kappa shape index (κ2) is 5.37. The number of rotatable bonds is 3. The van der Waals surface area contributed by atoms with Crippen LogP contribution >= 0.6 is 0 Å². The Labute approximate surface area is 118 Å². The number of nitrogens with one attached hydrogen (secondary N) is 1. The number of aryl methyl sites for hydroxylation is 1. The molecular formula is C17H18N2O. The van der Waals surface area contributed by atoms with Crippen molar-refractivity contribution < 1.29 is 4.79 Å². The maximum Gasteiger partial charge on any atom is 0.220 e. The van der Waals surface area contributed by atoms with Gasteiger partial charge in [0, 0.05) is 17.3 Å². The Morgan fingerprint density at radius 2 is 1.85 bits per heavy atom. The molecule has 2 aromatic rings. The molecule has 20 heavy (non-hydrogen) atoms. The van der Waals surface area contributed by atoms with Crippen LogP contribution in [0.5, 0.6) is 0 Å². The van der Waals surface area contributed by atoms with Gasteiger partial charge in [-0.3, -0.25) is 4.79 Å². The topological polar surface area (TPSA) is 55.1 Å². The summed E-state index contributed by atoms with van der Waals surface area (Å²) in [5.74, 6) is -0.202. The number of amides is 1. The van der Waals surface area contributed by atoms with Crippen molar-refractivity contribution in [1.29, 1.82) is 0 Å². The van der Waals surface area contributed by atoms with E-state index in [4.69, 9.17) is 5.73 Å². The first-order chi connectivity index (χ1) is 9.72. The molecule has 3 nitrogen and oxygen atoms in total. The summed E-state index contributed by atoms with van der Waals surface area (Å²) in [6.07, 6.45) is 2.57. The van der Waals surface area contributed by atoms with Crippen molar-refractivity contribution in [1.82, 2.24) is 0 Å². The summed E-state index contributed by atoms with van der Waals surface area (Å²) in [7, 11) is 0. The summed E-state index contributed by atoms with van der Waals surface area (Å²) in [6.45, 7) is 0. The summed E-state index contributed by atoms with van der Waals surface area (Å²) in [5.41, 5.74) is 10.1. The van der Waals surface area contributed by atoms with Gasteiger partial charge in [-0.25, -0.2) is 0 Å². The van der Waals surface area contributed by atoms with Gasteiger partial charge in [0.05, 0.1) is 0 Å². The highest BCUT2D eigenvalue weighted by molar-refractivity contribution is 5.77. The molecule has 0 saturated carbocycles. The molecule has 0 bridgehead atoms. The third-order valence-electron chi connectivity index (χ3n) is 3.90. The highest BCUT2D eigenvalue weighted by Gasteiger charge is 2.22. The fourth-order valence-corrected chi connectivity index (χ4v) is 2.77. The van der Waals surface area contributed by atoms with Crippen LogP contribution in [0, 0.1) is 5.92 Å². The summed E-state index contributed by atoms with van der Waals surface area (Å²) in [4.78, 5) is 11.3. The molecule has 3 heteroatoms. The Balaban J connectivity index is 1.82. The van der Waals surface area contributed by atoms with E-state index in [1.807, 2.05) is 30.3 Å². The third kappa shape index (κ3) is 2.67. The van der Waals surface area contributed by atoms with E-state index in [0.717, 1.165) is 30.6 Å². The molecule has 0 fully saturated rings. The van der Waals surface area contributed by atoms with Crippen LogP contribution in [-0.2, 0) is 17.6 Å². The van der Waals surface area contributed by atoms with Crippen LogP contribution in [0.25, 0.3) is 0 Å². The zero-order valence-electron chi connectivity index (χ0n) is 11.3. The molecule has 0 saturated heterocycles. The van der Waals surface area contributed by atoms with Gasteiger partial charge in [0.15, 0.2) is 0 Å². The molecule has 0 heterocycles. The van der Waals surface area contributed by atoms with Crippen LogP contribution in [0.4, 0.5) is 11.4 Å². The highest BCUT2D eigenvalue weighted by atomic mass is 16.1. The summed E-state index contributed by atoms with van der Waals surface area (Å²) >= 11 is 0. The molecular weight excluding hydrogens is 248 g/mol. The number of nitrogens with two attached hydrogens (primary N) is 1. The molecule has 2 aromatic carbocycles. The average Bonchev–Trinajstić information content (AvgIpc) is 2.47. The molecule has 102 valence electrons. The van der Waals surface area contributed by atoms with Gasteiger partial charge in [-0.2, -0.15) is 0 Å². The zero-order valence-corrected chi connectivity index (χ0v) is 11.3. The van der Waals surface area contributed by atoms with Crippen molar-refractivity contribution in [3.05, 3.63) is 59.7 Å². The fourth-order valence-electron chi connectivity index (χ4n) is 2.77. The number of benzene rings is 2. The van der Waals surface area contributed by atoms with Crippen molar-refractivity contribution >= 4 is 17.3 Å². The fraction of sp³-hybridized carbons (Fsp3) is 0.235. The molecule has 3 N–H and O–H groups in total. The van der Waals surface area contributed by atoms with Gasteiger partial charge in [-0.1, -0.05) is 24.3 Å². The van der Waals surface area contributed by atoms with Crippen molar-refractivity contribution in [2.24, 2.45) is 11.7 Å². The minimum Gasteiger partial charge on any atom is -0.369 e. The van der Waals surface area contributed by atoms with Crippen molar-refractivity contribution in [3.8, 4) is 0 Å². The Bertz CT molecular complexity index is 622. The van der Waals surface area contributed by atoms with E-state index in [9.17, 15) is 4.79 Å². The molecule has 0 aliphatic heterocycles. The van der Waals surface area contributed by atoms with E-state index >= 15 is 0 Å². The van der Waals surface area contributed by atoms with Crippen LogP contribution in [0.3, 0.4) is 0 Å². The summed E-state index contributed by atoms with van der Waals surface area (Å²) < 4.78 is 0. The van der Waals surface area contributed by atoms with Gasteiger partial charge >= 0.3 is 0 Å². The van der Waals surface area contributed by atoms with Crippen molar-refractivity contribution in [2.75, 3.05) is 5.32 Å². The third-order valence-corrected chi connectivity index (χ3v) is 3.90. The largest absolute Gasteiger partial charge is 0.369 e. The normalized spacial score (nSPS) is 17.3. The Hall–Kier alpha value is -2.29. The quantitative estimate of drug-likeness (QED) is 0.897. The van der Waals surface area contributed by atoms with Crippen LogP contribution in [-0.4, -0.2) is 5.91 Å². The zero-order chi connectivity index (χ0) is 13.9. The number of fused-ring (bicyclic) bond motifs is 1. The van der Waals surface area contributed by atoms with Crippen LogP contribution in [0.15, 0.2) is 48.5 Å². The molecule has 1 aliphatic rings. The number of hydrogen-bond acceptors (Lipinski definition) is 2. The highest BCUT2D eigenvalue weighted by Crippen LogP contribution is 2.28. The van der Waals surface area contributed by atoms with Crippen molar-refractivity contribution in [2.45, 2.75) is 19.3 Å². The predicted octanol–water partition coefficient (Wildman–Crippen LogP) is 3.02. The maximum atomic E-state index is 11.3. The monoisotopic (exact) mass is 266 g/mol. The molecule has 1 unspecified atom stereocenters. The van der Waals surface area contributed by atoms with E-state index in [1.54, 1.807) is 0 Å². The molecule has 0 radical (unpaired) electrons. The summed E-state index contributed by atoms with van der Waals surface area (Å²) in [6, 6.07) is 16.5. The van der Waals surface area contributed by atoms with Crippen LogP contribution in [0.2, 0.25) is 0 Å². The lowest BCUT2D eigenvalue weighted by Gasteiger charge is -2.23. The maximum absolute atomic E-state index is 11.3. The van der Waals surface area contributed by atoms with E-state index < -0.39 is 0 Å². The molecule has 1 aliphatic carbocycles. The lowest BCUT2D eigenvalue weighted by Crippen LogP contribution is -2.28. The second-order valence-corrected chi connectivity index (χ2v) is 5.32.